The predicted molar refractivity (Wildman–Crippen MR) is 72.6 cm³/mol. The molecule has 1 unspecified atom stereocenters. The Bertz CT molecular complexity index is 471. The van der Waals surface area contributed by atoms with Gasteiger partial charge in [0.2, 0.25) is 0 Å². The van der Waals surface area contributed by atoms with Crippen molar-refractivity contribution in [2.75, 3.05) is 12.8 Å². The molecular weight excluding hydrogens is 250 g/mol. The standard InChI is InChI=1S/C14H18ClNO2/c1-14(9-3-4-9,8-13(17)18-2)10-5-6-11(15)12(16)7-10/h5-7,9H,3-4,8,16H2,1-2H3. The van der Waals surface area contributed by atoms with Gasteiger partial charge >= 0.3 is 5.97 Å². The molecule has 1 aromatic rings. The number of anilines is 1. The van der Waals surface area contributed by atoms with E-state index in [2.05, 4.69) is 6.92 Å². The molecule has 0 radical (unpaired) electrons. The first kappa shape index (κ1) is 13.2. The highest BCUT2D eigenvalue weighted by molar-refractivity contribution is 6.33. The van der Waals surface area contributed by atoms with Gasteiger partial charge in [-0.1, -0.05) is 24.6 Å². The first-order valence-corrected chi connectivity index (χ1v) is 6.47. The molecular formula is C14H18ClNO2. The molecule has 1 aromatic carbocycles. The van der Waals surface area contributed by atoms with E-state index in [1.165, 1.54) is 7.11 Å². The van der Waals surface area contributed by atoms with E-state index in [9.17, 15) is 4.79 Å². The van der Waals surface area contributed by atoms with Crippen molar-refractivity contribution in [3.8, 4) is 0 Å². The Morgan fingerprint density at radius 1 is 1.56 bits per heavy atom. The SMILES string of the molecule is COC(=O)CC(C)(c1ccc(Cl)c(N)c1)C1CC1. The van der Waals surface area contributed by atoms with Crippen LogP contribution in [-0.2, 0) is 14.9 Å². The Morgan fingerprint density at radius 2 is 2.22 bits per heavy atom. The van der Waals surface area contributed by atoms with Crippen molar-refractivity contribution in [1.82, 2.24) is 0 Å². The van der Waals surface area contributed by atoms with Crippen molar-refractivity contribution in [3.63, 3.8) is 0 Å². The molecule has 0 aromatic heterocycles. The van der Waals surface area contributed by atoms with Crippen LogP contribution in [0.3, 0.4) is 0 Å². The van der Waals surface area contributed by atoms with Crippen molar-refractivity contribution in [3.05, 3.63) is 28.8 Å². The average Bonchev–Trinajstić information content (AvgIpc) is 3.16. The Hall–Kier alpha value is -1.22. The lowest BCUT2D eigenvalue weighted by Crippen LogP contribution is -2.29. The molecule has 1 fully saturated rings. The van der Waals surface area contributed by atoms with Crippen LogP contribution in [0.1, 0.15) is 31.7 Å². The van der Waals surface area contributed by atoms with Crippen molar-refractivity contribution >= 4 is 23.3 Å². The highest BCUT2D eigenvalue weighted by Gasteiger charge is 2.44. The van der Waals surface area contributed by atoms with Gasteiger partial charge in [-0.05, 0) is 36.5 Å². The second-order valence-corrected chi connectivity index (χ2v) is 5.59. The Balaban J connectivity index is 2.34. The fraction of sp³-hybridized carbons (Fsp3) is 0.500. The fourth-order valence-corrected chi connectivity index (χ4v) is 2.59. The molecule has 1 atom stereocenters. The number of rotatable bonds is 4. The largest absolute Gasteiger partial charge is 0.469 e. The lowest BCUT2D eigenvalue weighted by atomic mass is 9.75. The zero-order valence-electron chi connectivity index (χ0n) is 10.7. The zero-order chi connectivity index (χ0) is 13.3. The molecule has 18 heavy (non-hydrogen) atoms. The van der Waals surface area contributed by atoms with E-state index in [0.717, 1.165) is 18.4 Å². The molecule has 2 N–H and O–H groups in total. The van der Waals surface area contributed by atoms with E-state index in [-0.39, 0.29) is 11.4 Å². The number of hydrogen-bond acceptors (Lipinski definition) is 3. The smallest absolute Gasteiger partial charge is 0.306 e. The van der Waals surface area contributed by atoms with Crippen LogP contribution in [0, 0.1) is 5.92 Å². The van der Waals surface area contributed by atoms with E-state index in [1.807, 2.05) is 12.1 Å². The lowest BCUT2D eigenvalue weighted by Gasteiger charge is -2.29. The molecule has 0 saturated heterocycles. The molecule has 1 saturated carbocycles. The van der Waals surface area contributed by atoms with Crippen LogP contribution in [0.25, 0.3) is 0 Å². The molecule has 0 bridgehead atoms. The highest BCUT2D eigenvalue weighted by Crippen LogP contribution is 2.50. The summed E-state index contributed by atoms with van der Waals surface area (Å²) < 4.78 is 4.80. The van der Waals surface area contributed by atoms with Crippen LogP contribution < -0.4 is 5.73 Å². The first-order valence-electron chi connectivity index (χ1n) is 6.09. The van der Waals surface area contributed by atoms with Crippen LogP contribution in [0.2, 0.25) is 5.02 Å². The number of ether oxygens (including phenoxy) is 1. The second kappa shape index (κ2) is 4.81. The van der Waals surface area contributed by atoms with Gasteiger partial charge in [0.25, 0.3) is 0 Å². The summed E-state index contributed by atoms with van der Waals surface area (Å²) in [6.07, 6.45) is 2.68. The fourth-order valence-electron chi connectivity index (χ4n) is 2.47. The number of carbonyl (C=O) groups is 1. The van der Waals surface area contributed by atoms with Crippen LogP contribution in [0.5, 0.6) is 0 Å². The summed E-state index contributed by atoms with van der Waals surface area (Å²) in [6, 6.07) is 5.63. The molecule has 98 valence electrons. The number of methoxy groups -OCH3 is 1. The number of esters is 1. The van der Waals surface area contributed by atoms with Crippen molar-refractivity contribution in [2.24, 2.45) is 5.92 Å². The topological polar surface area (TPSA) is 52.3 Å². The van der Waals surface area contributed by atoms with Gasteiger partial charge in [0.1, 0.15) is 0 Å². The molecule has 0 aliphatic heterocycles. The van der Waals surface area contributed by atoms with Crippen molar-refractivity contribution < 1.29 is 9.53 Å². The summed E-state index contributed by atoms with van der Waals surface area (Å²) in [5.41, 5.74) is 7.28. The summed E-state index contributed by atoms with van der Waals surface area (Å²) in [7, 11) is 1.42. The third-order valence-corrected chi connectivity index (χ3v) is 4.22. The van der Waals surface area contributed by atoms with E-state index in [4.69, 9.17) is 22.1 Å². The lowest BCUT2D eigenvalue weighted by molar-refractivity contribution is -0.142. The maximum atomic E-state index is 11.6. The maximum Gasteiger partial charge on any atom is 0.306 e. The minimum Gasteiger partial charge on any atom is -0.469 e. The summed E-state index contributed by atoms with van der Waals surface area (Å²) >= 11 is 5.94. The Morgan fingerprint density at radius 3 is 2.72 bits per heavy atom. The first-order chi connectivity index (χ1) is 8.47. The number of halogens is 1. The van der Waals surface area contributed by atoms with Crippen molar-refractivity contribution in [2.45, 2.75) is 31.6 Å². The summed E-state index contributed by atoms with van der Waals surface area (Å²) in [5, 5.41) is 0.551. The van der Waals surface area contributed by atoms with Gasteiger partial charge in [0.15, 0.2) is 0 Å². The molecule has 0 heterocycles. The summed E-state index contributed by atoms with van der Waals surface area (Å²) in [5.74, 6) is 0.343. The van der Waals surface area contributed by atoms with Crippen molar-refractivity contribution in [1.29, 1.82) is 0 Å². The molecule has 0 amide bonds. The highest BCUT2D eigenvalue weighted by atomic mass is 35.5. The van der Waals surface area contributed by atoms with Crippen LogP contribution in [0.15, 0.2) is 18.2 Å². The molecule has 3 nitrogen and oxygen atoms in total. The maximum absolute atomic E-state index is 11.6. The van der Waals surface area contributed by atoms with Gasteiger partial charge in [-0.3, -0.25) is 4.79 Å². The number of nitrogens with two attached hydrogens (primary N) is 1. The predicted octanol–water partition coefficient (Wildman–Crippen LogP) is 3.15. The van der Waals surface area contributed by atoms with Gasteiger partial charge in [-0.2, -0.15) is 0 Å². The van der Waals surface area contributed by atoms with E-state index < -0.39 is 0 Å². The number of nitrogen functional groups attached to an aromatic ring is 1. The quantitative estimate of drug-likeness (QED) is 0.673. The summed E-state index contributed by atoms with van der Waals surface area (Å²) in [6.45, 7) is 2.10. The molecule has 1 aliphatic rings. The third kappa shape index (κ3) is 2.46. The van der Waals surface area contributed by atoms with Gasteiger partial charge in [0, 0.05) is 5.41 Å². The van der Waals surface area contributed by atoms with Gasteiger partial charge in [-0.25, -0.2) is 0 Å². The molecule has 1 aliphatic carbocycles. The number of carbonyl (C=O) groups excluding carboxylic acids is 1. The molecule has 2 rings (SSSR count). The van der Waals surface area contributed by atoms with Crippen LogP contribution in [0.4, 0.5) is 5.69 Å². The third-order valence-electron chi connectivity index (χ3n) is 3.87. The second-order valence-electron chi connectivity index (χ2n) is 5.18. The molecule has 4 heteroatoms. The Kier molecular flexibility index (Phi) is 3.53. The number of benzene rings is 1. The monoisotopic (exact) mass is 267 g/mol. The minimum atomic E-state index is -0.203. The van der Waals surface area contributed by atoms with Crippen LogP contribution in [-0.4, -0.2) is 13.1 Å². The van der Waals surface area contributed by atoms with E-state index in [0.29, 0.717) is 23.0 Å². The zero-order valence-corrected chi connectivity index (χ0v) is 11.5. The van der Waals surface area contributed by atoms with Crippen LogP contribution >= 0.6 is 11.6 Å². The Labute approximate surface area is 112 Å². The van der Waals surface area contributed by atoms with Gasteiger partial charge < -0.3 is 10.5 Å². The molecule has 0 spiro atoms. The summed E-state index contributed by atoms with van der Waals surface area (Å²) in [4.78, 5) is 11.6. The number of hydrogen-bond donors (Lipinski definition) is 1. The minimum absolute atomic E-state index is 0.182. The van der Waals surface area contributed by atoms with Gasteiger partial charge in [-0.15, -0.1) is 0 Å². The average molecular weight is 268 g/mol. The van der Waals surface area contributed by atoms with E-state index in [1.54, 1.807) is 6.07 Å². The van der Waals surface area contributed by atoms with E-state index >= 15 is 0 Å². The normalized spacial score (nSPS) is 18.2. The van der Waals surface area contributed by atoms with Gasteiger partial charge in [0.05, 0.1) is 24.2 Å².